The van der Waals surface area contributed by atoms with E-state index in [1.165, 1.54) is 7.11 Å². The maximum atomic E-state index is 12.0. The summed E-state index contributed by atoms with van der Waals surface area (Å²) in [5.74, 6) is -0.498. The zero-order valence-corrected chi connectivity index (χ0v) is 13.6. The van der Waals surface area contributed by atoms with Crippen LogP contribution in [0.3, 0.4) is 0 Å². The molecule has 23 heavy (non-hydrogen) atoms. The number of urea groups is 1. The SMILES string of the molecule is COc1ccc(C)cc1COC(=O)CN1C(=O)NC(C)(C)C1=O. The van der Waals surface area contributed by atoms with E-state index in [0.29, 0.717) is 5.75 Å². The minimum absolute atomic E-state index is 0.0106. The molecule has 124 valence electrons. The van der Waals surface area contributed by atoms with Crippen LogP contribution in [0.5, 0.6) is 5.75 Å². The van der Waals surface area contributed by atoms with Gasteiger partial charge in [-0.3, -0.25) is 14.5 Å². The number of amides is 3. The van der Waals surface area contributed by atoms with E-state index in [-0.39, 0.29) is 6.61 Å². The second-order valence-electron chi connectivity index (χ2n) is 5.92. The number of esters is 1. The normalized spacial score (nSPS) is 16.3. The summed E-state index contributed by atoms with van der Waals surface area (Å²) in [5, 5.41) is 2.51. The van der Waals surface area contributed by atoms with Crippen molar-refractivity contribution < 1.29 is 23.9 Å². The molecule has 1 heterocycles. The second kappa shape index (κ2) is 6.28. The molecule has 1 fully saturated rings. The number of rotatable bonds is 5. The number of carbonyl (C=O) groups excluding carboxylic acids is 3. The van der Waals surface area contributed by atoms with Crippen molar-refractivity contribution in [1.29, 1.82) is 0 Å². The standard InChI is InChI=1S/C16H20N2O5/c1-10-5-6-12(22-4)11(7-10)9-23-13(19)8-18-14(20)16(2,3)17-15(18)21/h5-7H,8-9H2,1-4H3,(H,17,21). The van der Waals surface area contributed by atoms with Crippen molar-refractivity contribution in [3.63, 3.8) is 0 Å². The molecular weight excluding hydrogens is 300 g/mol. The fourth-order valence-electron chi connectivity index (χ4n) is 2.31. The Balaban J connectivity index is 1.97. The van der Waals surface area contributed by atoms with Crippen LogP contribution in [0.2, 0.25) is 0 Å². The van der Waals surface area contributed by atoms with E-state index in [1.54, 1.807) is 19.9 Å². The van der Waals surface area contributed by atoms with Crippen molar-refractivity contribution in [2.75, 3.05) is 13.7 Å². The highest BCUT2D eigenvalue weighted by atomic mass is 16.5. The Morgan fingerprint density at radius 2 is 2.00 bits per heavy atom. The zero-order chi connectivity index (χ0) is 17.2. The maximum absolute atomic E-state index is 12.0. The summed E-state index contributed by atoms with van der Waals surface area (Å²) < 4.78 is 10.4. The Labute approximate surface area is 134 Å². The Bertz CT molecular complexity index is 654. The summed E-state index contributed by atoms with van der Waals surface area (Å²) in [6.07, 6.45) is 0. The van der Waals surface area contributed by atoms with E-state index in [9.17, 15) is 14.4 Å². The molecule has 0 atom stereocenters. The van der Waals surface area contributed by atoms with E-state index in [4.69, 9.17) is 9.47 Å². The Hall–Kier alpha value is -2.57. The van der Waals surface area contributed by atoms with Gasteiger partial charge in [0.15, 0.2) is 0 Å². The Kier molecular flexibility index (Phi) is 4.58. The van der Waals surface area contributed by atoms with Gasteiger partial charge in [0.05, 0.1) is 7.11 Å². The first kappa shape index (κ1) is 16.8. The molecular formula is C16H20N2O5. The number of ether oxygens (including phenoxy) is 2. The number of methoxy groups -OCH3 is 1. The van der Waals surface area contributed by atoms with Crippen LogP contribution in [0.1, 0.15) is 25.0 Å². The first-order valence-electron chi connectivity index (χ1n) is 7.18. The minimum atomic E-state index is -1.00. The predicted octanol–water partition coefficient (Wildman–Crippen LogP) is 1.38. The summed E-state index contributed by atoms with van der Waals surface area (Å²) in [4.78, 5) is 36.5. The molecule has 2 rings (SSSR count). The molecule has 0 aliphatic carbocycles. The summed E-state index contributed by atoms with van der Waals surface area (Å²) in [6, 6.07) is 4.94. The van der Waals surface area contributed by atoms with Crippen molar-refractivity contribution in [2.45, 2.75) is 32.9 Å². The van der Waals surface area contributed by atoms with Crippen LogP contribution >= 0.6 is 0 Å². The van der Waals surface area contributed by atoms with E-state index < -0.39 is 30.0 Å². The van der Waals surface area contributed by atoms with E-state index in [0.717, 1.165) is 16.0 Å². The predicted molar refractivity (Wildman–Crippen MR) is 81.9 cm³/mol. The first-order chi connectivity index (χ1) is 10.7. The molecule has 1 aromatic carbocycles. The van der Waals surface area contributed by atoms with Crippen LogP contribution in [0.15, 0.2) is 18.2 Å². The molecule has 1 saturated heterocycles. The average molecular weight is 320 g/mol. The van der Waals surface area contributed by atoms with Gasteiger partial charge in [-0.05, 0) is 32.9 Å². The Morgan fingerprint density at radius 3 is 2.57 bits per heavy atom. The lowest BCUT2D eigenvalue weighted by atomic mass is 10.1. The third-order valence-electron chi connectivity index (χ3n) is 3.56. The van der Waals surface area contributed by atoms with Gasteiger partial charge in [0.2, 0.25) is 0 Å². The van der Waals surface area contributed by atoms with Gasteiger partial charge in [-0.1, -0.05) is 11.6 Å². The van der Waals surface area contributed by atoms with E-state index in [2.05, 4.69) is 5.32 Å². The third kappa shape index (κ3) is 3.61. The van der Waals surface area contributed by atoms with Gasteiger partial charge in [0, 0.05) is 5.56 Å². The maximum Gasteiger partial charge on any atom is 0.326 e. The molecule has 1 aliphatic heterocycles. The molecule has 0 saturated carbocycles. The molecule has 0 bridgehead atoms. The average Bonchev–Trinajstić information content (AvgIpc) is 2.67. The monoisotopic (exact) mass is 320 g/mol. The number of nitrogens with zero attached hydrogens (tertiary/aromatic N) is 1. The number of aryl methyl sites for hydroxylation is 1. The fourth-order valence-corrected chi connectivity index (χ4v) is 2.31. The smallest absolute Gasteiger partial charge is 0.326 e. The van der Waals surface area contributed by atoms with Crippen molar-refractivity contribution in [2.24, 2.45) is 0 Å². The van der Waals surface area contributed by atoms with Crippen LogP contribution in [0, 0.1) is 6.92 Å². The lowest BCUT2D eigenvalue weighted by Crippen LogP contribution is -2.41. The molecule has 1 aromatic rings. The molecule has 3 amide bonds. The molecule has 0 aromatic heterocycles. The number of nitrogens with one attached hydrogen (secondary N) is 1. The largest absolute Gasteiger partial charge is 0.496 e. The molecule has 0 radical (unpaired) electrons. The number of carbonyl (C=O) groups is 3. The van der Waals surface area contributed by atoms with Gasteiger partial charge in [-0.2, -0.15) is 0 Å². The van der Waals surface area contributed by atoms with Crippen molar-refractivity contribution in [3.05, 3.63) is 29.3 Å². The van der Waals surface area contributed by atoms with E-state index in [1.807, 2.05) is 19.1 Å². The van der Waals surface area contributed by atoms with Crippen LogP contribution in [0.25, 0.3) is 0 Å². The van der Waals surface area contributed by atoms with Crippen LogP contribution < -0.4 is 10.1 Å². The molecule has 0 unspecified atom stereocenters. The molecule has 1 aliphatic rings. The van der Waals surface area contributed by atoms with Crippen LogP contribution in [-0.2, 0) is 20.9 Å². The summed E-state index contributed by atoms with van der Waals surface area (Å²) in [7, 11) is 1.53. The fraction of sp³-hybridized carbons (Fsp3) is 0.438. The highest BCUT2D eigenvalue weighted by Crippen LogP contribution is 2.21. The van der Waals surface area contributed by atoms with Crippen LogP contribution in [-0.4, -0.2) is 42.0 Å². The van der Waals surface area contributed by atoms with Gasteiger partial charge in [0.25, 0.3) is 5.91 Å². The number of imide groups is 1. The molecule has 0 spiro atoms. The topological polar surface area (TPSA) is 84.9 Å². The number of hydrogen-bond donors (Lipinski definition) is 1. The second-order valence-corrected chi connectivity index (χ2v) is 5.92. The molecule has 7 heteroatoms. The highest BCUT2D eigenvalue weighted by molar-refractivity contribution is 6.08. The van der Waals surface area contributed by atoms with Crippen LogP contribution in [0.4, 0.5) is 4.79 Å². The van der Waals surface area contributed by atoms with E-state index >= 15 is 0 Å². The van der Waals surface area contributed by atoms with Crippen molar-refractivity contribution in [3.8, 4) is 5.75 Å². The van der Waals surface area contributed by atoms with Gasteiger partial charge in [0.1, 0.15) is 24.4 Å². The first-order valence-corrected chi connectivity index (χ1v) is 7.18. The summed E-state index contributed by atoms with van der Waals surface area (Å²) in [5.41, 5.74) is 0.725. The molecule has 1 N–H and O–H groups in total. The quantitative estimate of drug-likeness (QED) is 0.654. The summed E-state index contributed by atoms with van der Waals surface area (Å²) in [6.45, 7) is 4.67. The van der Waals surface area contributed by atoms with Crippen molar-refractivity contribution >= 4 is 17.9 Å². The minimum Gasteiger partial charge on any atom is -0.496 e. The molecule has 7 nitrogen and oxygen atoms in total. The van der Waals surface area contributed by atoms with Crippen molar-refractivity contribution in [1.82, 2.24) is 10.2 Å². The van der Waals surface area contributed by atoms with Gasteiger partial charge in [-0.25, -0.2) is 4.79 Å². The highest BCUT2D eigenvalue weighted by Gasteiger charge is 2.45. The number of benzene rings is 1. The Morgan fingerprint density at radius 1 is 1.30 bits per heavy atom. The lowest BCUT2D eigenvalue weighted by molar-refractivity contribution is -0.148. The van der Waals surface area contributed by atoms with Gasteiger partial charge in [-0.15, -0.1) is 0 Å². The van der Waals surface area contributed by atoms with Gasteiger partial charge < -0.3 is 14.8 Å². The zero-order valence-electron chi connectivity index (χ0n) is 13.6. The summed E-state index contributed by atoms with van der Waals surface area (Å²) >= 11 is 0. The van der Waals surface area contributed by atoms with Gasteiger partial charge >= 0.3 is 12.0 Å². The number of hydrogen-bond acceptors (Lipinski definition) is 5. The lowest BCUT2D eigenvalue weighted by Gasteiger charge is -2.15. The third-order valence-corrected chi connectivity index (χ3v) is 3.56.